The van der Waals surface area contributed by atoms with Crippen LogP contribution in [0.3, 0.4) is 0 Å². The number of hydrogen-bond donors (Lipinski definition) is 0. The third-order valence-corrected chi connectivity index (χ3v) is 7.52. The van der Waals surface area contributed by atoms with Crippen LogP contribution in [0.1, 0.15) is 40.0 Å². The minimum absolute atomic E-state index is 0.0434. The van der Waals surface area contributed by atoms with Crippen LogP contribution in [0.2, 0.25) is 18.1 Å². The van der Waals surface area contributed by atoms with Crippen LogP contribution in [0.4, 0.5) is 0 Å². The molecule has 0 atom stereocenters. The van der Waals surface area contributed by atoms with Gasteiger partial charge in [0.2, 0.25) is 0 Å². The van der Waals surface area contributed by atoms with Crippen LogP contribution in [0.15, 0.2) is 0 Å². The lowest BCUT2D eigenvalue weighted by atomic mass is 10.2. The summed E-state index contributed by atoms with van der Waals surface area (Å²) < 4.78 is 0. The summed E-state index contributed by atoms with van der Waals surface area (Å²) in [6.07, 6.45) is 2.63. The molecule has 0 aliphatic carbocycles. The molecule has 1 radical (unpaired) electrons. The van der Waals surface area contributed by atoms with Crippen molar-refractivity contribution in [2.75, 3.05) is 6.61 Å². The van der Waals surface area contributed by atoms with Gasteiger partial charge in [-0.15, -0.1) is 11.5 Å². The van der Waals surface area contributed by atoms with E-state index in [0.717, 1.165) is 19.3 Å². The molecule has 0 aliphatic heterocycles. The van der Waals surface area contributed by atoms with E-state index in [1.165, 1.54) is 0 Å². The average molecular weight is 211 g/mol. The van der Waals surface area contributed by atoms with E-state index in [0.29, 0.717) is 5.04 Å². The average Bonchev–Trinajstić information content (AvgIpc) is 2.02. The summed E-state index contributed by atoms with van der Waals surface area (Å²) in [6, 6.07) is 0. The Labute approximate surface area is 89.9 Å². The highest BCUT2D eigenvalue weighted by molar-refractivity contribution is 6.87. The molecule has 81 valence electrons. The fourth-order valence-corrected chi connectivity index (χ4v) is 1.73. The Morgan fingerprint density at radius 2 is 1.71 bits per heavy atom. The molecule has 0 spiro atoms. The first-order chi connectivity index (χ1) is 6.31. The van der Waals surface area contributed by atoms with Gasteiger partial charge in [-0.05, 0) is 17.9 Å². The number of hydrogen-bond acceptors (Lipinski definition) is 0. The van der Waals surface area contributed by atoms with Gasteiger partial charge in [0.05, 0.1) is 6.61 Å². The first kappa shape index (κ1) is 13.7. The molecule has 0 unspecified atom stereocenters. The van der Waals surface area contributed by atoms with Crippen molar-refractivity contribution in [2.45, 2.75) is 58.2 Å². The van der Waals surface area contributed by atoms with Gasteiger partial charge in [-0.1, -0.05) is 33.9 Å². The molecule has 0 N–H and O–H groups in total. The summed E-state index contributed by atoms with van der Waals surface area (Å²) in [5.74, 6) is 3.24. The van der Waals surface area contributed by atoms with E-state index in [9.17, 15) is 5.11 Å². The maximum absolute atomic E-state index is 10.2. The lowest BCUT2D eigenvalue weighted by Crippen LogP contribution is -2.35. The summed E-state index contributed by atoms with van der Waals surface area (Å²) in [5.41, 5.74) is 3.44. The molecule has 0 aromatic carbocycles. The van der Waals surface area contributed by atoms with Crippen molar-refractivity contribution in [2.24, 2.45) is 0 Å². The van der Waals surface area contributed by atoms with Gasteiger partial charge in [-0.2, -0.15) is 0 Å². The fourth-order valence-electron chi connectivity index (χ4n) is 0.786. The Bertz CT molecular complexity index is 215. The van der Waals surface area contributed by atoms with E-state index in [-0.39, 0.29) is 6.61 Å². The van der Waals surface area contributed by atoms with Gasteiger partial charge in [-0.3, -0.25) is 0 Å². The molecule has 0 amide bonds. The van der Waals surface area contributed by atoms with Crippen LogP contribution in [0.25, 0.3) is 0 Å². The molecule has 0 aliphatic rings. The normalized spacial score (nSPS) is 12.1. The highest BCUT2D eigenvalue weighted by atomic mass is 28.3. The molecule has 2 heteroatoms. The Balaban J connectivity index is 4.08. The molecule has 0 saturated carbocycles. The van der Waals surface area contributed by atoms with Crippen LogP contribution >= 0.6 is 0 Å². The fraction of sp³-hybridized carbons (Fsp3) is 0.833. The second-order valence-corrected chi connectivity index (χ2v) is 10.3. The largest absolute Gasteiger partial charge is 0.237 e. The molecule has 0 aromatic heterocycles. The molecule has 1 nitrogen and oxygen atoms in total. The van der Waals surface area contributed by atoms with Crippen molar-refractivity contribution < 1.29 is 5.11 Å². The van der Waals surface area contributed by atoms with E-state index in [1.807, 2.05) is 0 Å². The van der Waals surface area contributed by atoms with Gasteiger partial charge in [0.15, 0.2) is 0 Å². The maximum atomic E-state index is 10.2. The van der Waals surface area contributed by atoms with Crippen molar-refractivity contribution in [1.82, 2.24) is 0 Å². The quantitative estimate of drug-likeness (QED) is 0.386. The maximum Gasteiger partial charge on any atom is 0.137 e. The van der Waals surface area contributed by atoms with E-state index < -0.39 is 8.07 Å². The van der Waals surface area contributed by atoms with Gasteiger partial charge in [0.25, 0.3) is 0 Å². The highest BCUT2D eigenvalue weighted by Crippen LogP contribution is 2.35. The Morgan fingerprint density at radius 3 is 2.14 bits per heavy atom. The molecule has 0 heterocycles. The van der Waals surface area contributed by atoms with Crippen LogP contribution in [0, 0.1) is 11.5 Å². The monoisotopic (exact) mass is 211 g/mol. The summed E-state index contributed by atoms with van der Waals surface area (Å²) in [7, 11) is -1.40. The summed E-state index contributed by atoms with van der Waals surface area (Å²) in [5, 5.41) is 10.6. The van der Waals surface area contributed by atoms with Crippen molar-refractivity contribution in [1.29, 1.82) is 0 Å². The number of rotatable bonds is 3. The van der Waals surface area contributed by atoms with E-state index >= 15 is 0 Å². The standard InChI is InChI=1S/C12H23OSi/c1-12(2,3)14(4,5)11-9-7-6-8-10-13/h6-8,10H2,1-5H3. The van der Waals surface area contributed by atoms with Gasteiger partial charge in [0.1, 0.15) is 8.07 Å². The Hall–Kier alpha value is -0.263. The third kappa shape index (κ3) is 4.83. The van der Waals surface area contributed by atoms with Gasteiger partial charge in [0, 0.05) is 6.42 Å². The molecule has 14 heavy (non-hydrogen) atoms. The Kier molecular flexibility index (Phi) is 5.47. The van der Waals surface area contributed by atoms with E-state index in [4.69, 9.17) is 0 Å². The lowest BCUT2D eigenvalue weighted by Gasteiger charge is -2.31. The lowest BCUT2D eigenvalue weighted by molar-refractivity contribution is 0.187. The topological polar surface area (TPSA) is 19.9 Å². The summed E-state index contributed by atoms with van der Waals surface area (Å²) in [4.78, 5) is 0. The SMILES string of the molecule is CC(C)(C)[Si](C)(C)C#CCCCC[O]. The smallest absolute Gasteiger partial charge is 0.137 e. The molecule has 0 rings (SSSR count). The van der Waals surface area contributed by atoms with E-state index in [1.54, 1.807) is 0 Å². The molecule has 0 fully saturated rings. The molecule has 0 bridgehead atoms. The Morgan fingerprint density at radius 1 is 1.14 bits per heavy atom. The van der Waals surface area contributed by atoms with Gasteiger partial charge in [-0.25, -0.2) is 5.11 Å². The first-order valence-corrected chi connectivity index (χ1v) is 8.39. The zero-order valence-corrected chi connectivity index (χ0v) is 11.2. The minimum atomic E-state index is -1.40. The van der Waals surface area contributed by atoms with Crippen molar-refractivity contribution in [3.05, 3.63) is 0 Å². The van der Waals surface area contributed by atoms with Crippen molar-refractivity contribution >= 4 is 8.07 Å². The van der Waals surface area contributed by atoms with Crippen LogP contribution in [-0.2, 0) is 5.11 Å². The molecule has 0 saturated heterocycles. The zero-order valence-electron chi connectivity index (χ0n) is 10.2. The van der Waals surface area contributed by atoms with Gasteiger partial charge < -0.3 is 0 Å². The predicted octanol–water partition coefficient (Wildman–Crippen LogP) is 3.64. The zero-order chi connectivity index (χ0) is 11.2. The molecular weight excluding hydrogens is 188 g/mol. The predicted molar refractivity (Wildman–Crippen MR) is 64.4 cm³/mol. The van der Waals surface area contributed by atoms with Crippen molar-refractivity contribution in [3.8, 4) is 11.5 Å². The second-order valence-electron chi connectivity index (χ2n) is 5.34. The van der Waals surface area contributed by atoms with Crippen LogP contribution < -0.4 is 0 Å². The molecular formula is C12H23OSi. The molecule has 0 aromatic rings. The van der Waals surface area contributed by atoms with E-state index in [2.05, 4.69) is 45.3 Å². The highest BCUT2D eigenvalue weighted by Gasteiger charge is 2.33. The van der Waals surface area contributed by atoms with Gasteiger partial charge >= 0.3 is 0 Å². The van der Waals surface area contributed by atoms with Crippen LogP contribution in [-0.4, -0.2) is 14.7 Å². The third-order valence-electron chi connectivity index (χ3n) is 2.97. The van der Waals surface area contributed by atoms with Crippen molar-refractivity contribution in [3.63, 3.8) is 0 Å². The minimum Gasteiger partial charge on any atom is -0.237 e. The summed E-state index contributed by atoms with van der Waals surface area (Å²) in [6.45, 7) is 11.5. The number of unbranched alkanes of at least 4 members (excludes halogenated alkanes) is 2. The second kappa shape index (κ2) is 5.58. The summed E-state index contributed by atoms with van der Waals surface area (Å²) >= 11 is 0. The first-order valence-electron chi connectivity index (χ1n) is 5.39. The van der Waals surface area contributed by atoms with Crippen LogP contribution in [0.5, 0.6) is 0 Å².